The van der Waals surface area contributed by atoms with Crippen molar-refractivity contribution in [2.24, 2.45) is 7.05 Å². The van der Waals surface area contributed by atoms with Crippen LogP contribution in [0.3, 0.4) is 0 Å². The molecule has 2 heterocycles. The number of aromatic nitrogens is 3. The van der Waals surface area contributed by atoms with Gasteiger partial charge in [0.2, 0.25) is 0 Å². The first-order chi connectivity index (χ1) is 8.06. The normalized spacial score (nSPS) is 10.3. The summed E-state index contributed by atoms with van der Waals surface area (Å²) in [7, 11) is 1.73. The summed E-state index contributed by atoms with van der Waals surface area (Å²) >= 11 is 3.25. The number of rotatable bonds is 2. The van der Waals surface area contributed by atoms with Gasteiger partial charge < -0.3 is 5.32 Å². The summed E-state index contributed by atoms with van der Waals surface area (Å²) in [5.74, 6) is 0.280. The lowest BCUT2D eigenvalue weighted by Crippen LogP contribution is -2.16. The van der Waals surface area contributed by atoms with E-state index in [1.54, 1.807) is 36.0 Å². The second-order valence-corrected chi connectivity index (χ2v) is 4.41. The first-order valence-electron chi connectivity index (χ1n) is 5.01. The Hall–Kier alpha value is -1.69. The molecule has 0 aliphatic carbocycles. The molecule has 0 spiro atoms. The van der Waals surface area contributed by atoms with E-state index in [2.05, 4.69) is 31.3 Å². The van der Waals surface area contributed by atoms with Crippen LogP contribution in [0.25, 0.3) is 0 Å². The second-order valence-electron chi connectivity index (χ2n) is 3.59. The van der Waals surface area contributed by atoms with Gasteiger partial charge in [-0.25, -0.2) is 4.98 Å². The fourth-order valence-corrected chi connectivity index (χ4v) is 1.83. The number of pyridine rings is 1. The number of anilines is 1. The molecule has 17 heavy (non-hydrogen) atoms. The number of halogens is 1. The summed E-state index contributed by atoms with van der Waals surface area (Å²) in [4.78, 5) is 16.1. The minimum atomic E-state index is -0.223. The monoisotopic (exact) mass is 294 g/mol. The SMILES string of the molecule is Cc1cc(C(=O)Nc2cccc(Br)n2)n(C)n1. The van der Waals surface area contributed by atoms with E-state index in [1.807, 2.05) is 6.92 Å². The number of hydrogen-bond acceptors (Lipinski definition) is 3. The minimum Gasteiger partial charge on any atom is -0.305 e. The maximum Gasteiger partial charge on any atom is 0.275 e. The first-order valence-corrected chi connectivity index (χ1v) is 5.80. The smallest absolute Gasteiger partial charge is 0.275 e. The lowest BCUT2D eigenvalue weighted by molar-refractivity contribution is 0.101. The van der Waals surface area contributed by atoms with Crippen LogP contribution in [0.5, 0.6) is 0 Å². The van der Waals surface area contributed by atoms with Crippen LogP contribution in [-0.4, -0.2) is 20.7 Å². The zero-order chi connectivity index (χ0) is 12.4. The maximum atomic E-state index is 11.9. The fraction of sp³-hybridized carbons (Fsp3) is 0.182. The van der Waals surface area contributed by atoms with Crippen molar-refractivity contribution in [3.63, 3.8) is 0 Å². The molecule has 0 bridgehead atoms. The van der Waals surface area contributed by atoms with Crippen molar-refractivity contribution in [1.29, 1.82) is 0 Å². The van der Waals surface area contributed by atoms with Crippen LogP contribution in [-0.2, 0) is 7.05 Å². The molecule has 2 rings (SSSR count). The largest absolute Gasteiger partial charge is 0.305 e. The molecule has 0 fully saturated rings. The molecular weight excluding hydrogens is 284 g/mol. The molecule has 1 amide bonds. The minimum absolute atomic E-state index is 0.223. The molecule has 0 unspecified atom stereocenters. The number of carbonyl (C=O) groups is 1. The van der Waals surface area contributed by atoms with Gasteiger partial charge in [0, 0.05) is 7.05 Å². The number of aryl methyl sites for hydroxylation is 2. The molecule has 88 valence electrons. The van der Waals surface area contributed by atoms with Gasteiger partial charge in [-0.3, -0.25) is 9.48 Å². The zero-order valence-electron chi connectivity index (χ0n) is 9.44. The average Bonchev–Trinajstić information content (AvgIpc) is 2.58. The third-order valence-corrected chi connectivity index (χ3v) is 2.63. The predicted molar refractivity (Wildman–Crippen MR) is 67.8 cm³/mol. The number of nitrogens with one attached hydrogen (secondary N) is 1. The molecule has 2 aromatic rings. The number of hydrogen-bond donors (Lipinski definition) is 1. The maximum absolute atomic E-state index is 11.9. The molecule has 0 radical (unpaired) electrons. The quantitative estimate of drug-likeness (QED) is 0.863. The molecule has 0 aromatic carbocycles. The molecule has 2 aromatic heterocycles. The molecule has 6 heteroatoms. The molecule has 0 atom stereocenters. The molecule has 5 nitrogen and oxygen atoms in total. The van der Waals surface area contributed by atoms with Gasteiger partial charge >= 0.3 is 0 Å². The number of nitrogens with zero attached hydrogens (tertiary/aromatic N) is 3. The van der Waals surface area contributed by atoms with Crippen molar-refractivity contribution >= 4 is 27.7 Å². The highest BCUT2D eigenvalue weighted by molar-refractivity contribution is 9.10. The van der Waals surface area contributed by atoms with Crippen molar-refractivity contribution in [3.8, 4) is 0 Å². The van der Waals surface area contributed by atoms with Crippen LogP contribution in [0.15, 0.2) is 28.9 Å². The van der Waals surface area contributed by atoms with Crippen LogP contribution in [0, 0.1) is 6.92 Å². The molecule has 0 aliphatic rings. The Balaban J connectivity index is 2.20. The lowest BCUT2D eigenvalue weighted by atomic mass is 10.3. The molecule has 0 saturated carbocycles. The molecule has 0 saturated heterocycles. The van der Waals surface area contributed by atoms with Crippen molar-refractivity contribution < 1.29 is 4.79 Å². The van der Waals surface area contributed by atoms with Gasteiger partial charge in [0.15, 0.2) is 0 Å². The summed E-state index contributed by atoms with van der Waals surface area (Å²) in [6.45, 7) is 1.84. The van der Waals surface area contributed by atoms with Gasteiger partial charge in [0.25, 0.3) is 5.91 Å². The third kappa shape index (κ3) is 2.71. The van der Waals surface area contributed by atoms with E-state index in [1.165, 1.54) is 0 Å². The Kier molecular flexibility index (Phi) is 3.23. The van der Waals surface area contributed by atoms with Crippen LogP contribution in [0.2, 0.25) is 0 Å². The highest BCUT2D eigenvalue weighted by atomic mass is 79.9. The standard InChI is InChI=1S/C11H11BrN4O/c1-7-6-8(16(2)15-7)11(17)14-10-5-3-4-9(12)13-10/h3-6H,1-2H3,(H,13,14,17). The number of amides is 1. The van der Waals surface area contributed by atoms with Crippen LogP contribution >= 0.6 is 15.9 Å². The number of carbonyl (C=O) groups excluding carboxylic acids is 1. The Labute approximate surface area is 107 Å². The fourth-order valence-electron chi connectivity index (χ4n) is 1.48. The van der Waals surface area contributed by atoms with Gasteiger partial charge in [0.1, 0.15) is 16.1 Å². The van der Waals surface area contributed by atoms with E-state index in [4.69, 9.17) is 0 Å². The van der Waals surface area contributed by atoms with E-state index in [9.17, 15) is 4.79 Å². The summed E-state index contributed by atoms with van der Waals surface area (Å²) < 4.78 is 2.22. The highest BCUT2D eigenvalue weighted by Crippen LogP contribution is 2.11. The van der Waals surface area contributed by atoms with Crippen LogP contribution in [0.4, 0.5) is 5.82 Å². The molecule has 1 N–H and O–H groups in total. The van der Waals surface area contributed by atoms with Crippen molar-refractivity contribution in [2.75, 3.05) is 5.32 Å². The van der Waals surface area contributed by atoms with Crippen LogP contribution in [0.1, 0.15) is 16.2 Å². The average molecular weight is 295 g/mol. The van der Waals surface area contributed by atoms with E-state index in [0.717, 1.165) is 5.69 Å². The Morgan fingerprint density at radius 3 is 2.82 bits per heavy atom. The van der Waals surface area contributed by atoms with Crippen molar-refractivity contribution in [2.45, 2.75) is 6.92 Å². The lowest BCUT2D eigenvalue weighted by Gasteiger charge is -2.04. The summed E-state index contributed by atoms with van der Waals surface area (Å²) in [6.07, 6.45) is 0. The second kappa shape index (κ2) is 4.67. The Morgan fingerprint density at radius 2 is 2.24 bits per heavy atom. The van der Waals surface area contributed by atoms with E-state index < -0.39 is 0 Å². The first kappa shape index (κ1) is 11.8. The van der Waals surface area contributed by atoms with Gasteiger partial charge in [-0.05, 0) is 41.1 Å². The van der Waals surface area contributed by atoms with Gasteiger partial charge in [-0.1, -0.05) is 6.07 Å². The molecular formula is C11H11BrN4O. The topological polar surface area (TPSA) is 59.8 Å². The van der Waals surface area contributed by atoms with Gasteiger partial charge in [-0.2, -0.15) is 5.10 Å². The molecule has 0 aliphatic heterocycles. The summed E-state index contributed by atoms with van der Waals surface area (Å²) in [5.41, 5.74) is 1.31. The van der Waals surface area contributed by atoms with E-state index in [-0.39, 0.29) is 5.91 Å². The Morgan fingerprint density at radius 1 is 1.47 bits per heavy atom. The summed E-state index contributed by atoms with van der Waals surface area (Å²) in [5, 5.41) is 6.83. The van der Waals surface area contributed by atoms with Crippen molar-refractivity contribution in [3.05, 3.63) is 40.3 Å². The van der Waals surface area contributed by atoms with E-state index >= 15 is 0 Å². The van der Waals surface area contributed by atoms with Crippen molar-refractivity contribution in [1.82, 2.24) is 14.8 Å². The zero-order valence-corrected chi connectivity index (χ0v) is 11.0. The van der Waals surface area contributed by atoms with E-state index in [0.29, 0.717) is 16.1 Å². The summed E-state index contributed by atoms with van der Waals surface area (Å²) in [6, 6.07) is 7.06. The predicted octanol–water partition coefficient (Wildman–Crippen LogP) is 2.14. The van der Waals surface area contributed by atoms with Gasteiger partial charge in [-0.15, -0.1) is 0 Å². The van der Waals surface area contributed by atoms with Crippen LogP contribution < -0.4 is 5.32 Å². The highest BCUT2D eigenvalue weighted by Gasteiger charge is 2.12. The third-order valence-electron chi connectivity index (χ3n) is 2.19. The Bertz CT molecular complexity index is 564. The van der Waals surface area contributed by atoms with Gasteiger partial charge in [0.05, 0.1) is 5.69 Å².